The summed E-state index contributed by atoms with van der Waals surface area (Å²) in [5.41, 5.74) is 6.74. The second kappa shape index (κ2) is 5.61. The molecule has 1 aromatic heterocycles. The number of nitrogens with two attached hydrogens (primary N) is 1. The number of nitrogens with zero attached hydrogens (tertiary/aromatic N) is 2. The Hall–Kier alpha value is -0.910. The molecule has 2 aromatic rings. The number of aromatic nitrogens is 2. The van der Waals surface area contributed by atoms with Gasteiger partial charge in [0.15, 0.2) is 0 Å². The van der Waals surface area contributed by atoms with Gasteiger partial charge in [0.05, 0.1) is 16.6 Å². The summed E-state index contributed by atoms with van der Waals surface area (Å²) in [5.74, 6) is 0.894. The quantitative estimate of drug-likeness (QED) is 0.887. The Bertz CT molecular complexity index is 577. The Morgan fingerprint density at radius 3 is 2.84 bits per heavy atom. The Kier molecular flexibility index (Phi) is 4.28. The van der Waals surface area contributed by atoms with Gasteiger partial charge in [0.1, 0.15) is 5.82 Å². The normalized spacial score (nSPS) is 14.8. The van der Waals surface area contributed by atoms with Gasteiger partial charge in [-0.3, -0.25) is 0 Å². The predicted octanol–water partition coefficient (Wildman–Crippen LogP) is 2.46. The van der Waals surface area contributed by atoms with Crippen LogP contribution in [-0.4, -0.2) is 26.8 Å². The van der Waals surface area contributed by atoms with E-state index in [1.54, 1.807) is 6.92 Å². The van der Waals surface area contributed by atoms with Gasteiger partial charge in [-0.2, -0.15) is 0 Å². The zero-order valence-corrected chi connectivity index (χ0v) is 12.9. The topological polar surface area (TPSA) is 64.1 Å². The van der Waals surface area contributed by atoms with E-state index < -0.39 is 5.60 Å². The summed E-state index contributed by atoms with van der Waals surface area (Å²) < 4.78 is 3.18. The van der Waals surface area contributed by atoms with Gasteiger partial charge < -0.3 is 15.4 Å². The van der Waals surface area contributed by atoms with E-state index in [9.17, 15) is 5.11 Å². The number of fused-ring (bicyclic) bond motifs is 1. The minimum atomic E-state index is -0.913. The van der Waals surface area contributed by atoms with Crippen LogP contribution >= 0.6 is 15.9 Å². The lowest BCUT2D eigenvalue weighted by atomic mass is 10.0. The lowest BCUT2D eigenvalue weighted by molar-refractivity contribution is 0.0667. The molecule has 1 atom stereocenters. The molecule has 5 heteroatoms. The molecule has 104 valence electrons. The maximum atomic E-state index is 10.2. The van der Waals surface area contributed by atoms with Crippen molar-refractivity contribution in [1.82, 2.24) is 9.55 Å². The lowest BCUT2D eigenvalue weighted by Crippen LogP contribution is -2.37. The van der Waals surface area contributed by atoms with E-state index in [-0.39, 0.29) is 6.54 Å². The average Bonchev–Trinajstić information content (AvgIpc) is 2.66. The van der Waals surface area contributed by atoms with E-state index in [1.807, 2.05) is 12.1 Å². The fourth-order valence-corrected chi connectivity index (χ4v) is 2.52. The second-order valence-corrected chi connectivity index (χ2v) is 6.11. The fraction of sp³-hybridized carbons (Fsp3) is 0.500. The number of benzene rings is 1. The van der Waals surface area contributed by atoms with Gasteiger partial charge in [0.2, 0.25) is 0 Å². The second-order valence-electron chi connectivity index (χ2n) is 5.19. The van der Waals surface area contributed by atoms with Gasteiger partial charge in [-0.05, 0) is 31.5 Å². The van der Waals surface area contributed by atoms with Gasteiger partial charge in [-0.15, -0.1) is 0 Å². The van der Waals surface area contributed by atoms with Crippen LogP contribution in [0.2, 0.25) is 0 Å². The summed E-state index contributed by atoms with van der Waals surface area (Å²) in [7, 11) is 0. The summed E-state index contributed by atoms with van der Waals surface area (Å²) >= 11 is 3.46. The Balaban J connectivity index is 2.49. The Labute approximate surface area is 121 Å². The molecular weight excluding hydrogens is 306 g/mol. The molecule has 0 aliphatic rings. The molecule has 0 radical (unpaired) electrons. The van der Waals surface area contributed by atoms with Gasteiger partial charge in [0, 0.05) is 24.0 Å². The number of imidazole rings is 1. The van der Waals surface area contributed by atoms with Crippen LogP contribution in [0.1, 0.15) is 26.1 Å². The molecule has 0 saturated carbocycles. The van der Waals surface area contributed by atoms with Crippen molar-refractivity contribution in [3.63, 3.8) is 0 Å². The molecule has 0 amide bonds. The number of aliphatic hydroxyl groups is 1. The summed E-state index contributed by atoms with van der Waals surface area (Å²) in [5, 5.41) is 10.2. The van der Waals surface area contributed by atoms with Gasteiger partial charge in [-0.25, -0.2) is 4.98 Å². The van der Waals surface area contributed by atoms with E-state index in [4.69, 9.17) is 5.73 Å². The average molecular weight is 326 g/mol. The van der Waals surface area contributed by atoms with Gasteiger partial charge in [0.25, 0.3) is 0 Å². The number of hydrogen-bond donors (Lipinski definition) is 2. The van der Waals surface area contributed by atoms with Crippen molar-refractivity contribution in [2.75, 3.05) is 6.54 Å². The van der Waals surface area contributed by atoms with Crippen molar-refractivity contribution in [3.8, 4) is 0 Å². The molecule has 0 spiro atoms. The van der Waals surface area contributed by atoms with E-state index in [0.717, 1.165) is 34.3 Å². The van der Waals surface area contributed by atoms with Gasteiger partial charge in [-0.1, -0.05) is 22.9 Å². The summed E-state index contributed by atoms with van der Waals surface area (Å²) in [4.78, 5) is 4.64. The largest absolute Gasteiger partial charge is 0.388 e. The van der Waals surface area contributed by atoms with Crippen LogP contribution in [0.4, 0.5) is 0 Å². The smallest absolute Gasteiger partial charge is 0.112 e. The predicted molar refractivity (Wildman–Crippen MR) is 81.1 cm³/mol. The Morgan fingerprint density at radius 1 is 1.47 bits per heavy atom. The van der Waals surface area contributed by atoms with Crippen LogP contribution < -0.4 is 5.73 Å². The third-order valence-corrected chi connectivity index (χ3v) is 3.71. The van der Waals surface area contributed by atoms with Crippen molar-refractivity contribution in [2.45, 2.75) is 38.8 Å². The maximum Gasteiger partial charge on any atom is 0.112 e. The van der Waals surface area contributed by atoms with Crippen molar-refractivity contribution in [1.29, 1.82) is 0 Å². The lowest BCUT2D eigenvalue weighted by Gasteiger charge is -2.21. The van der Waals surface area contributed by atoms with Crippen LogP contribution in [-0.2, 0) is 13.0 Å². The monoisotopic (exact) mass is 325 g/mol. The minimum absolute atomic E-state index is 0.228. The first kappa shape index (κ1) is 14.5. The molecule has 3 N–H and O–H groups in total. The highest BCUT2D eigenvalue weighted by molar-refractivity contribution is 9.10. The molecular formula is C14H20BrN3O. The van der Waals surface area contributed by atoms with Crippen molar-refractivity contribution < 1.29 is 5.11 Å². The highest BCUT2D eigenvalue weighted by Crippen LogP contribution is 2.23. The van der Waals surface area contributed by atoms with Crippen molar-refractivity contribution >= 4 is 27.0 Å². The zero-order chi connectivity index (χ0) is 14.0. The summed E-state index contributed by atoms with van der Waals surface area (Å²) in [6.45, 7) is 5.01. The SMILES string of the molecule is CCCn1c(CC(C)(O)CN)nc2cc(Br)ccc21. The highest BCUT2D eigenvalue weighted by Gasteiger charge is 2.23. The maximum absolute atomic E-state index is 10.2. The molecule has 4 nitrogen and oxygen atoms in total. The van der Waals surface area contributed by atoms with Crippen molar-refractivity contribution in [2.24, 2.45) is 5.73 Å². The molecule has 0 fully saturated rings. The first-order chi connectivity index (χ1) is 8.96. The first-order valence-corrected chi connectivity index (χ1v) is 7.33. The first-order valence-electron chi connectivity index (χ1n) is 6.54. The summed E-state index contributed by atoms with van der Waals surface area (Å²) in [6, 6.07) is 6.08. The molecule has 1 aromatic carbocycles. The minimum Gasteiger partial charge on any atom is -0.388 e. The zero-order valence-electron chi connectivity index (χ0n) is 11.4. The van der Waals surface area contributed by atoms with E-state index in [1.165, 1.54) is 0 Å². The molecule has 1 heterocycles. The summed E-state index contributed by atoms with van der Waals surface area (Å²) in [6.07, 6.45) is 1.50. The molecule has 0 aliphatic carbocycles. The van der Waals surface area contributed by atoms with E-state index in [2.05, 4.69) is 38.5 Å². The molecule has 1 unspecified atom stereocenters. The fourth-order valence-electron chi connectivity index (χ4n) is 2.17. The third kappa shape index (κ3) is 3.16. The molecule has 0 bridgehead atoms. The van der Waals surface area contributed by atoms with Crippen LogP contribution in [0.5, 0.6) is 0 Å². The van der Waals surface area contributed by atoms with E-state index >= 15 is 0 Å². The third-order valence-electron chi connectivity index (χ3n) is 3.22. The molecule has 19 heavy (non-hydrogen) atoms. The van der Waals surface area contributed by atoms with Gasteiger partial charge >= 0.3 is 0 Å². The molecule has 0 aliphatic heterocycles. The number of aryl methyl sites for hydroxylation is 1. The molecule has 0 saturated heterocycles. The van der Waals surface area contributed by atoms with Crippen LogP contribution in [0.15, 0.2) is 22.7 Å². The molecule has 2 rings (SSSR count). The Morgan fingerprint density at radius 2 is 2.21 bits per heavy atom. The van der Waals surface area contributed by atoms with Crippen LogP contribution in [0.3, 0.4) is 0 Å². The number of hydrogen-bond acceptors (Lipinski definition) is 3. The standard InChI is InChI=1S/C14H20BrN3O/c1-3-6-18-12-5-4-10(15)7-11(12)17-13(18)8-14(2,19)9-16/h4-5,7,19H,3,6,8-9,16H2,1-2H3. The van der Waals surface area contributed by atoms with Crippen molar-refractivity contribution in [3.05, 3.63) is 28.5 Å². The van der Waals surface area contributed by atoms with E-state index in [0.29, 0.717) is 6.42 Å². The highest BCUT2D eigenvalue weighted by atomic mass is 79.9. The number of rotatable bonds is 5. The van der Waals surface area contributed by atoms with Crippen LogP contribution in [0.25, 0.3) is 11.0 Å². The van der Waals surface area contributed by atoms with Crippen LogP contribution in [0, 0.1) is 0 Å². The number of halogens is 1.